The average molecular weight is 510 g/mol. The Labute approximate surface area is 227 Å². The van der Waals surface area contributed by atoms with Crippen LogP contribution < -0.4 is 14.6 Å². The largest absolute Gasteiger partial charge is 0.494 e. The number of benzene rings is 1. The summed E-state index contributed by atoms with van der Waals surface area (Å²) in [6, 6.07) is 11.9. The van der Waals surface area contributed by atoms with E-state index in [9.17, 15) is 4.79 Å². The number of hydrogen-bond acceptors (Lipinski definition) is 2. The highest BCUT2D eigenvalue weighted by atomic mass is 16.5. The molecule has 1 amide bonds. The molecule has 2 aromatic rings. The molecule has 0 fully saturated rings. The lowest BCUT2D eigenvalue weighted by molar-refractivity contribution is -0.695. The molecule has 0 spiro atoms. The van der Waals surface area contributed by atoms with Gasteiger partial charge in [-0.3, -0.25) is 4.79 Å². The van der Waals surface area contributed by atoms with Crippen LogP contribution in [0.25, 0.3) is 0 Å². The number of carbonyl (C=O) groups is 1. The second-order valence-corrected chi connectivity index (χ2v) is 10.5. The van der Waals surface area contributed by atoms with Gasteiger partial charge in [0.1, 0.15) is 12.3 Å². The van der Waals surface area contributed by atoms with E-state index in [1.807, 2.05) is 48.9 Å². The molecule has 1 aromatic heterocycles. The maximum atomic E-state index is 12.8. The van der Waals surface area contributed by atoms with Crippen LogP contribution in [-0.4, -0.2) is 12.5 Å². The normalized spacial score (nSPS) is 11.9. The summed E-state index contributed by atoms with van der Waals surface area (Å²) in [6.07, 6.45) is 21.1. The smallest absolute Gasteiger partial charge is 0.316 e. The predicted octanol–water partition coefficient (Wildman–Crippen LogP) is 8.65. The van der Waals surface area contributed by atoms with Gasteiger partial charge in [0.2, 0.25) is 0 Å². The number of aryl methyl sites for hydroxylation is 2. The van der Waals surface area contributed by atoms with Gasteiger partial charge in [0.05, 0.1) is 12.6 Å². The van der Waals surface area contributed by atoms with Crippen LogP contribution in [0, 0.1) is 6.92 Å². The van der Waals surface area contributed by atoms with E-state index in [1.54, 1.807) is 0 Å². The highest BCUT2D eigenvalue weighted by Crippen LogP contribution is 2.23. The van der Waals surface area contributed by atoms with E-state index in [1.165, 1.54) is 83.5 Å². The fraction of sp³-hybridized carbons (Fsp3) is 0.636. The lowest BCUT2D eigenvalue weighted by atomic mass is 10.0. The Morgan fingerprint density at radius 3 is 2.00 bits per heavy atom. The van der Waals surface area contributed by atoms with E-state index in [0.717, 1.165) is 36.4 Å². The van der Waals surface area contributed by atoms with Gasteiger partial charge in [0.25, 0.3) is 5.69 Å². The molecule has 4 heteroatoms. The highest BCUT2D eigenvalue weighted by molar-refractivity contribution is 5.91. The summed E-state index contributed by atoms with van der Waals surface area (Å²) < 4.78 is 7.98. The minimum absolute atomic E-state index is 0.0486. The van der Waals surface area contributed by atoms with Crippen LogP contribution in [0.2, 0.25) is 0 Å². The maximum Gasteiger partial charge on any atom is 0.316 e. The molecule has 1 atom stereocenters. The number of aromatic nitrogens is 1. The Hall–Kier alpha value is -2.36. The van der Waals surface area contributed by atoms with Crippen LogP contribution in [0.5, 0.6) is 5.75 Å². The number of amides is 1. The van der Waals surface area contributed by atoms with E-state index in [0.29, 0.717) is 5.69 Å². The van der Waals surface area contributed by atoms with Crippen molar-refractivity contribution in [3.63, 3.8) is 0 Å². The van der Waals surface area contributed by atoms with Crippen LogP contribution in [0.3, 0.4) is 0 Å². The molecule has 0 aliphatic rings. The molecular weight excluding hydrogens is 456 g/mol. The minimum atomic E-state index is -0.0714. The highest BCUT2D eigenvalue weighted by Gasteiger charge is 2.20. The molecule has 4 nitrogen and oxygen atoms in total. The number of nitrogens with one attached hydrogen (secondary N) is 1. The summed E-state index contributed by atoms with van der Waals surface area (Å²) in [7, 11) is 0. The molecule has 0 saturated heterocycles. The summed E-state index contributed by atoms with van der Waals surface area (Å²) in [5, 5.41) is 3.15. The van der Waals surface area contributed by atoms with Crippen LogP contribution in [0.4, 0.5) is 0 Å². The predicted molar refractivity (Wildman–Crippen MR) is 155 cm³/mol. The van der Waals surface area contributed by atoms with Crippen LogP contribution >= 0.6 is 0 Å². The first-order valence-corrected chi connectivity index (χ1v) is 15.1. The van der Waals surface area contributed by atoms with Gasteiger partial charge in [0.15, 0.2) is 6.20 Å². The van der Waals surface area contributed by atoms with E-state index >= 15 is 0 Å². The SMILES string of the molecule is CCCCCCCCCCCCCCCCOc1ccc(C(C)NC(=O)c2cccc[n+]2CC)c(C)c1. The first-order valence-electron chi connectivity index (χ1n) is 15.1. The van der Waals surface area contributed by atoms with Gasteiger partial charge in [0, 0.05) is 12.1 Å². The summed E-state index contributed by atoms with van der Waals surface area (Å²) in [5.74, 6) is 0.869. The van der Waals surface area contributed by atoms with E-state index in [-0.39, 0.29) is 11.9 Å². The number of hydrogen-bond donors (Lipinski definition) is 1. The molecular formula is C33H53N2O2+. The molecule has 1 unspecified atom stereocenters. The molecule has 1 aromatic carbocycles. The number of nitrogens with zero attached hydrogens (tertiary/aromatic N) is 1. The fourth-order valence-electron chi connectivity index (χ4n) is 5.02. The van der Waals surface area contributed by atoms with Gasteiger partial charge in [-0.05, 0) is 56.5 Å². The fourth-order valence-corrected chi connectivity index (χ4v) is 5.02. The second kappa shape index (κ2) is 18.8. The molecule has 206 valence electrons. The maximum absolute atomic E-state index is 12.8. The summed E-state index contributed by atoms with van der Waals surface area (Å²) in [4.78, 5) is 12.8. The third-order valence-electron chi connectivity index (χ3n) is 7.34. The van der Waals surface area contributed by atoms with Crippen molar-refractivity contribution in [1.82, 2.24) is 5.32 Å². The molecule has 2 rings (SSSR count). The standard InChI is InChI=1S/C33H52N2O2/c1-5-7-8-9-10-11-12-13-14-15-16-17-18-21-26-37-30-23-24-31(28(3)27-30)29(4)34-33(36)32-22-19-20-25-35(32)6-2/h19-20,22-25,27,29H,5-18,21,26H2,1-4H3/p+1. The zero-order valence-corrected chi connectivity index (χ0v) is 24.2. The molecule has 37 heavy (non-hydrogen) atoms. The number of ether oxygens (including phenoxy) is 1. The quantitative estimate of drug-likeness (QED) is 0.143. The molecule has 0 aliphatic heterocycles. The van der Waals surface area contributed by atoms with Crippen molar-refractivity contribution >= 4 is 5.91 Å². The third kappa shape index (κ3) is 12.2. The Balaban J connectivity index is 1.57. The van der Waals surface area contributed by atoms with Gasteiger partial charge in [-0.25, -0.2) is 0 Å². The van der Waals surface area contributed by atoms with Crippen LogP contribution in [0.15, 0.2) is 42.6 Å². The zero-order valence-electron chi connectivity index (χ0n) is 24.2. The molecule has 0 aliphatic carbocycles. The van der Waals surface area contributed by atoms with E-state index in [4.69, 9.17) is 4.74 Å². The molecule has 1 N–H and O–H groups in total. The third-order valence-corrected chi connectivity index (χ3v) is 7.34. The van der Waals surface area contributed by atoms with Gasteiger partial charge in [-0.15, -0.1) is 0 Å². The first kappa shape index (κ1) is 30.9. The van der Waals surface area contributed by atoms with Crippen molar-refractivity contribution in [3.8, 4) is 5.75 Å². The number of pyridine rings is 1. The number of carbonyl (C=O) groups excluding carboxylic acids is 1. The van der Waals surface area contributed by atoms with E-state index < -0.39 is 0 Å². The minimum Gasteiger partial charge on any atom is -0.494 e. The van der Waals surface area contributed by atoms with Crippen molar-refractivity contribution in [1.29, 1.82) is 0 Å². The Morgan fingerprint density at radius 1 is 0.838 bits per heavy atom. The monoisotopic (exact) mass is 509 g/mol. The topological polar surface area (TPSA) is 42.2 Å². The van der Waals surface area contributed by atoms with Crippen molar-refractivity contribution in [2.45, 2.75) is 130 Å². The van der Waals surface area contributed by atoms with Gasteiger partial charge in [-0.2, -0.15) is 4.57 Å². The second-order valence-electron chi connectivity index (χ2n) is 10.5. The van der Waals surface area contributed by atoms with Gasteiger partial charge in [-0.1, -0.05) is 96.5 Å². The van der Waals surface area contributed by atoms with Gasteiger partial charge < -0.3 is 10.1 Å². The lowest BCUT2D eigenvalue weighted by Gasteiger charge is -2.17. The molecule has 0 radical (unpaired) electrons. The van der Waals surface area contributed by atoms with E-state index in [2.05, 4.69) is 31.3 Å². The van der Waals surface area contributed by atoms with Crippen LogP contribution in [0.1, 0.15) is 138 Å². The number of rotatable bonds is 20. The molecule has 1 heterocycles. The van der Waals surface area contributed by atoms with Gasteiger partial charge >= 0.3 is 5.91 Å². The van der Waals surface area contributed by atoms with Crippen molar-refractivity contribution in [3.05, 3.63) is 59.4 Å². The Bertz CT molecular complexity index is 896. The molecule has 0 saturated carbocycles. The first-order chi connectivity index (χ1) is 18.1. The summed E-state index contributed by atoms with van der Waals surface area (Å²) >= 11 is 0. The lowest BCUT2D eigenvalue weighted by Crippen LogP contribution is -2.43. The van der Waals surface area contributed by atoms with Crippen molar-refractivity contribution < 1.29 is 14.1 Å². The molecule has 0 bridgehead atoms. The van der Waals surface area contributed by atoms with Crippen LogP contribution in [-0.2, 0) is 6.54 Å². The Morgan fingerprint density at radius 2 is 1.43 bits per heavy atom. The van der Waals surface area contributed by atoms with Crippen molar-refractivity contribution in [2.75, 3.05) is 6.61 Å². The Kier molecular flexibility index (Phi) is 15.7. The average Bonchev–Trinajstić information content (AvgIpc) is 2.90. The number of unbranched alkanes of at least 4 members (excludes halogenated alkanes) is 13. The summed E-state index contributed by atoms with van der Waals surface area (Å²) in [5.41, 5.74) is 2.95. The van der Waals surface area contributed by atoms with Crippen molar-refractivity contribution in [2.24, 2.45) is 0 Å². The zero-order chi connectivity index (χ0) is 26.7. The summed E-state index contributed by atoms with van der Waals surface area (Å²) in [6.45, 7) is 9.99.